The van der Waals surface area contributed by atoms with Gasteiger partial charge < -0.3 is 5.32 Å². The van der Waals surface area contributed by atoms with Gasteiger partial charge in [-0.15, -0.1) is 0 Å². The molecule has 1 aromatic heterocycles. The Morgan fingerprint density at radius 2 is 2.12 bits per heavy atom. The summed E-state index contributed by atoms with van der Waals surface area (Å²) in [5.41, 5.74) is 4.11. The van der Waals surface area contributed by atoms with Crippen molar-refractivity contribution in [3.8, 4) is 11.1 Å². The molecule has 0 spiro atoms. The van der Waals surface area contributed by atoms with Gasteiger partial charge in [-0.1, -0.05) is 6.07 Å². The first kappa shape index (κ1) is 11.8. The largest absolute Gasteiger partial charge is 0.316 e. The molecule has 2 rings (SSSR count). The number of halogens is 1. The standard InChI is InChI=1S/C13H16FN3/c1-9-13(8-16-17(9)3)12-5-4-11(14)6-10(12)7-15-2/h4-6,8,15H,7H2,1-3H3. The summed E-state index contributed by atoms with van der Waals surface area (Å²) in [6.45, 7) is 2.65. The first-order valence-corrected chi connectivity index (χ1v) is 5.55. The average Bonchev–Trinajstić information content (AvgIpc) is 2.61. The van der Waals surface area contributed by atoms with Crippen LogP contribution in [0.3, 0.4) is 0 Å². The Morgan fingerprint density at radius 3 is 2.71 bits per heavy atom. The number of rotatable bonds is 3. The molecule has 3 nitrogen and oxygen atoms in total. The lowest BCUT2D eigenvalue weighted by Crippen LogP contribution is -2.07. The summed E-state index contributed by atoms with van der Waals surface area (Å²) < 4.78 is 15.1. The van der Waals surface area contributed by atoms with Gasteiger partial charge in [0.25, 0.3) is 0 Å². The summed E-state index contributed by atoms with van der Waals surface area (Å²) in [6, 6.07) is 4.87. The second-order valence-corrected chi connectivity index (χ2v) is 4.10. The topological polar surface area (TPSA) is 29.9 Å². The van der Waals surface area contributed by atoms with Gasteiger partial charge in [0.05, 0.1) is 6.20 Å². The lowest BCUT2D eigenvalue weighted by atomic mass is 10.00. The van der Waals surface area contributed by atoms with Gasteiger partial charge >= 0.3 is 0 Å². The van der Waals surface area contributed by atoms with Crippen LogP contribution in [-0.2, 0) is 13.6 Å². The van der Waals surface area contributed by atoms with Crippen LogP contribution in [0.5, 0.6) is 0 Å². The molecule has 1 N–H and O–H groups in total. The predicted molar refractivity (Wildman–Crippen MR) is 66.1 cm³/mol. The third kappa shape index (κ3) is 2.22. The zero-order valence-electron chi connectivity index (χ0n) is 10.3. The van der Waals surface area contributed by atoms with Crippen molar-refractivity contribution in [3.63, 3.8) is 0 Å². The number of hydrogen-bond donors (Lipinski definition) is 1. The lowest BCUT2D eigenvalue weighted by Gasteiger charge is -2.09. The highest BCUT2D eigenvalue weighted by atomic mass is 19.1. The number of nitrogens with one attached hydrogen (secondary N) is 1. The molecule has 1 aromatic carbocycles. The van der Waals surface area contributed by atoms with Crippen LogP contribution in [0.2, 0.25) is 0 Å². The van der Waals surface area contributed by atoms with E-state index in [2.05, 4.69) is 10.4 Å². The van der Waals surface area contributed by atoms with Crippen molar-refractivity contribution in [1.29, 1.82) is 0 Å². The maximum absolute atomic E-state index is 13.2. The van der Waals surface area contributed by atoms with Gasteiger partial charge in [0.1, 0.15) is 5.82 Å². The number of aryl methyl sites for hydroxylation is 1. The molecular formula is C13H16FN3. The van der Waals surface area contributed by atoms with Crippen LogP contribution in [0.1, 0.15) is 11.3 Å². The second-order valence-electron chi connectivity index (χ2n) is 4.10. The van der Waals surface area contributed by atoms with Crippen LogP contribution in [0.25, 0.3) is 11.1 Å². The summed E-state index contributed by atoms with van der Waals surface area (Å²) in [5.74, 6) is -0.208. The smallest absolute Gasteiger partial charge is 0.123 e. The highest BCUT2D eigenvalue weighted by Crippen LogP contribution is 2.27. The lowest BCUT2D eigenvalue weighted by molar-refractivity contribution is 0.624. The highest BCUT2D eigenvalue weighted by Gasteiger charge is 2.11. The zero-order chi connectivity index (χ0) is 12.4. The minimum atomic E-state index is -0.208. The summed E-state index contributed by atoms with van der Waals surface area (Å²) >= 11 is 0. The molecular weight excluding hydrogens is 217 g/mol. The van der Waals surface area contributed by atoms with E-state index < -0.39 is 0 Å². The second kappa shape index (κ2) is 4.67. The number of aromatic nitrogens is 2. The van der Waals surface area contributed by atoms with Gasteiger partial charge in [-0.3, -0.25) is 4.68 Å². The molecule has 0 atom stereocenters. The van der Waals surface area contributed by atoms with Crippen molar-refractivity contribution in [3.05, 3.63) is 41.5 Å². The predicted octanol–water partition coefficient (Wildman–Crippen LogP) is 2.25. The van der Waals surface area contributed by atoms with Crippen molar-refractivity contribution in [1.82, 2.24) is 15.1 Å². The Balaban J connectivity index is 2.54. The fourth-order valence-corrected chi connectivity index (χ4v) is 1.92. The van der Waals surface area contributed by atoms with E-state index in [0.29, 0.717) is 6.54 Å². The van der Waals surface area contributed by atoms with E-state index in [0.717, 1.165) is 22.4 Å². The molecule has 0 unspecified atom stereocenters. The van der Waals surface area contributed by atoms with Crippen LogP contribution in [0.4, 0.5) is 4.39 Å². The molecule has 1 heterocycles. The van der Waals surface area contributed by atoms with Crippen molar-refractivity contribution in [2.75, 3.05) is 7.05 Å². The van der Waals surface area contributed by atoms with Crippen LogP contribution in [0, 0.1) is 12.7 Å². The van der Waals surface area contributed by atoms with Gasteiger partial charge in [0.2, 0.25) is 0 Å². The Hall–Kier alpha value is -1.68. The number of nitrogens with zero attached hydrogens (tertiary/aromatic N) is 2. The molecule has 0 aliphatic heterocycles. The molecule has 0 saturated heterocycles. The Labute approximate surface area is 100 Å². The van der Waals surface area contributed by atoms with E-state index in [4.69, 9.17) is 0 Å². The fourth-order valence-electron chi connectivity index (χ4n) is 1.92. The van der Waals surface area contributed by atoms with E-state index in [1.54, 1.807) is 6.07 Å². The Morgan fingerprint density at radius 1 is 1.35 bits per heavy atom. The Kier molecular flexibility index (Phi) is 3.24. The van der Waals surface area contributed by atoms with E-state index in [-0.39, 0.29) is 5.82 Å². The molecule has 0 saturated carbocycles. The van der Waals surface area contributed by atoms with Crippen LogP contribution in [-0.4, -0.2) is 16.8 Å². The molecule has 0 aliphatic rings. The molecule has 0 fully saturated rings. The first-order chi connectivity index (χ1) is 8.13. The molecule has 2 aromatic rings. The van der Waals surface area contributed by atoms with E-state index in [9.17, 15) is 4.39 Å². The van der Waals surface area contributed by atoms with Gasteiger partial charge in [-0.25, -0.2) is 4.39 Å². The van der Waals surface area contributed by atoms with E-state index in [1.807, 2.05) is 38.0 Å². The summed E-state index contributed by atoms with van der Waals surface area (Å²) in [4.78, 5) is 0. The fraction of sp³-hybridized carbons (Fsp3) is 0.308. The number of hydrogen-bond acceptors (Lipinski definition) is 2. The first-order valence-electron chi connectivity index (χ1n) is 5.55. The van der Waals surface area contributed by atoms with Crippen molar-refractivity contribution in [2.24, 2.45) is 7.05 Å². The highest BCUT2D eigenvalue weighted by molar-refractivity contribution is 5.68. The summed E-state index contributed by atoms with van der Waals surface area (Å²) in [6.07, 6.45) is 1.82. The number of benzene rings is 1. The monoisotopic (exact) mass is 233 g/mol. The van der Waals surface area contributed by atoms with Crippen LogP contribution >= 0.6 is 0 Å². The van der Waals surface area contributed by atoms with Crippen LogP contribution in [0.15, 0.2) is 24.4 Å². The van der Waals surface area contributed by atoms with E-state index >= 15 is 0 Å². The molecule has 0 radical (unpaired) electrons. The normalized spacial score (nSPS) is 10.8. The maximum atomic E-state index is 13.2. The Bertz CT molecular complexity index is 531. The quantitative estimate of drug-likeness (QED) is 0.881. The van der Waals surface area contributed by atoms with Gasteiger partial charge in [0, 0.05) is 24.8 Å². The zero-order valence-corrected chi connectivity index (χ0v) is 10.3. The van der Waals surface area contributed by atoms with Crippen LogP contribution < -0.4 is 5.32 Å². The summed E-state index contributed by atoms with van der Waals surface area (Å²) in [5, 5.41) is 7.27. The van der Waals surface area contributed by atoms with Crippen molar-refractivity contribution < 1.29 is 4.39 Å². The van der Waals surface area contributed by atoms with E-state index in [1.165, 1.54) is 6.07 Å². The van der Waals surface area contributed by atoms with Gasteiger partial charge in [-0.2, -0.15) is 5.10 Å². The molecule has 4 heteroatoms. The third-order valence-corrected chi connectivity index (χ3v) is 2.96. The third-order valence-electron chi connectivity index (χ3n) is 2.96. The molecule has 0 bridgehead atoms. The maximum Gasteiger partial charge on any atom is 0.123 e. The minimum Gasteiger partial charge on any atom is -0.316 e. The van der Waals surface area contributed by atoms with Crippen molar-refractivity contribution >= 4 is 0 Å². The minimum absolute atomic E-state index is 0.208. The summed E-state index contributed by atoms with van der Waals surface area (Å²) in [7, 11) is 3.75. The average molecular weight is 233 g/mol. The SMILES string of the molecule is CNCc1cc(F)ccc1-c1cnn(C)c1C. The molecule has 0 aliphatic carbocycles. The van der Waals surface area contributed by atoms with Gasteiger partial charge in [0.15, 0.2) is 0 Å². The van der Waals surface area contributed by atoms with Gasteiger partial charge in [-0.05, 0) is 37.2 Å². The molecule has 17 heavy (non-hydrogen) atoms. The molecule has 0 amide bonds. The van der Waals surface area contributed by atoms with Crippen molar-refractivity contribution in [2.45, 2.75) is 13.5 Å². The molecule has 90 valence electrons.